The number of halogens is 1. The van der Waals surface area contributed by atoms with Gasteiger partial charge in [-0.05, 0) is 18.6 Å². The predicted molar refractivity (Wildman–Crippen MR) is 58.4 cm³/mol. The second-order valence-corrected chi connectivity index (χ2v) is 5.58. The van der Waals surface area contributed by atoms with E-state index >= 15 is 0 Å². The van der Waals surface area contributed by atoms with Crippen molar-refractivity contribution >= 4 is 21.4 Å². The minimum Gasteiger partial charge on any atom is -0.223 e. The lowest BCUT2D eigenvalue weighted by molar-refractivity contribution is 0.581. The van der Waals surface area contributed by atoms with Gasteiger partial charge in [0.15, 0.2) is 9.84 Å². The van der Waals surface area contributed by atoms with Crippen LogP contribution in [0.15, 0.2) is 35.2 Å². The second kappa shape index (κ2) is 4.80. The number of sulfone groups is 1. The second-order valence-electron chi connectivity index (χ2n) is 3.04. The van der Waals surface area contributed by atoms with Crippen LogP contribution in [0.4, 0.5) is 0 Å². The summed E-state index contributed by atoms with van der Waals surface area (Å²) in [7, 11) is -3.23. The fourth-order valence-corrected chi connectivity index (χ4v) is 3.46. The van der Waals surface area contributed by atoms with E-state index in [-0.39, 0.29) is 5.88 Å². The van der Waals surface area contributed by atoms with Crippen molar-refractivity contribution in [2.24, 2.45) is 0 Å². The Bertz CT molecular complexity index is 368. The first-order chi connectivity index (χ1) is 6.62. The molecule has 4 heteroatoms. The van der Waals surface area contributed by atoms with Gasteiger partial charge in [-0.15, -0.1) is 11.6 Å². The van der Waals surface area contributed by atoms with E-state index in [1.165, 1.54) is 0 Å². The summed E-state index contributed by atoms with van der Waals surface area (Å²) in [5, 5.41) is -0.480. The molecule has 0 saturated carbocycles. The first-order valence-corrected chi connectivity index (χ1v) is 6.56. The van der Waals surface area contributed by atoms with Crippen LogP contribution in [0.2, 0.25) is 0 Å². The summed E-state index contributed by atoms with van der Waals surface area (Å²) >= 11 is 5.62. The molecular formula is C10H13ClO2S. The summed E-state index contributed by atoms with van der Waals surface area (Å²) in [6.45, 7) is 1.83. The molecule has 0 amide bonds. The van der Waals surface area contributed by atoms with E-state index < -0.39 is 15.1 Å². The number of rotatable bonds is 4. The molecule has 1 unspecified atom stereocenters. The first kappa shape index (κ1) is 11.5. The molecule has 14 heavy (non-hydrogen) atoms. The van der Waals surface area contributed by atoms with Gasteiger partial charge in [0.2, 0.25) is 0 Å². The summed E-state index contributed by atoms with van der Waals surface area (Å²) in [4.78, 5) is 0.354. The zero-order valence-corrected chi connectivity index (χ0v) is 9.55. The summed E-state index contributed by atoms with van der Waals surface area (Å²) in [6.07, 6.45) is 0.542. The van der Waals surface area contributed by atoms with Gasteiger partial charge in [0.05, 0.1) is 10.1 Å². The van der Waals surface area contributed by atoms with Crippen LogP contribution in [0, 0.1) is 0 Å². The molecule has 0 aliphatic heterocycles. The lowest BCUT2D eigenvalue weighted by Gasteiger charge is -2.12. The lowest BCUT2D eigenvalue weighted by atomic mass is 10.4. The van der Waals surface area contributed by atoms with Crippen molar-refractivity contribution in [3.63, 3.8) is 0 Å². The molecule has 0 aliphatic carbocycles. The summed E-state index contributed by atoms with van der Waals surface area (Å²) in [6, 6.07) is 8.43. The first-order valence-electron chi connectivity index (χ1n) is 4.47. The lowest BCUT2D eigenvalue weighted by Crippen LogP contribution is -2.22. The molecule has 1 aromatic carbocycles. The molecule has 0 aliphatic rings. The molecule has 0 saturated heterocycles. The fraction of sp³-hybridized carbons (Fsp3) is 0.400. The zero-order valence-electron chi connectivity index (χ0n) is 7.98. The maximum atomic E-state index is 11.9. The van der Waals surface area contributed by atoms with Crippen LogP contribution in [0.25, 0.3) is 0 Å². The van der Waals surface area contributed by atoms with Gasteiger partial charge in [-0.1, -0.05) is 25.1 Å². The predicted octanol–water partition coefficient (Wildman–Crippen LogP) is 2.48. The van der Waals surface area contributed by atoms with Crippen molar-refractivity contribution in [3.05, 3.63) is 30.3 Å². The van der Waals surface area contributed by atoms with Crippen molar-refractivity contribution in [3.8, 4) is 0 Å². The van der Waals surface area contributed by atoms with Crippen LogP contribution in [0.3, 0.4) is 0 Å². The van der Waals surface area contributed by atoms with E-state index in [9.17, 15) is 8.42 Å². The minimum atomic E-state index is -3.23. The van der Waals surface area contributed by atoms with Crippen molar-refractivity contribution in [1.82, 2.24) is 0 Å². The van der Waals surface area contributed by atoms with E-state index in [2.05, 4.69) is 0 Å². The maximum Gasteiger partial charge on any atom is 0.182 e. The van der Waals surface area contributed by atoms with Gasteiger partial charge in [-0.2, -0.15) is 0 Å². The third-order valence-corrected chi connectivity index (χ3v) is 5.00. The Hall–Kier alpha value is -0.540. The molecular weight excluding hydrogens is 220 g/mol. The van der Waals surface area contributed by atoms with Gasteiger partial charge < -0.3 is 0 Å². The number of hydrogen-bond acceptors (Lipinski definition) is 2. The number of alkyl halides is 1. The molecule has 0 aromatic heterocycles. The monoisotopic (exact) mass is 232 g/mol. The molecule has 0 radical (unpaired) electrons. The molecule has 78 valence electrons. The molecule has 0 bridgehead atoms. The minimum absolute atomic E-state index is 0.147. The van der Waals surface area contributed by atoms with Gasteiger partial charge in [-0.3, -0.25) is 0 Å². The summed E-state index contributed by atoms with van der Waals surface area (Å²) in [5.41, 5.74) is 0. The summed E-state index contributed by atoms with van der Waals surface area (Å²) in [5.74, 6) is 0.147. The van der Waals surface area contributed by atoms with Gasteiger partial charge in [0, 0.05) is 5.88 Å². The Morgan fingerprint density at radius 1 is 1.29 bits per heavy atom. The maximum absolute atomic E-state index is 11.9. The standard InChI is InChI=1S/C10H13ClO2S/c1-2-9(8-11)14(12,13)10-6-4-3-5-7-10/h3-7,9H,2,8H2,1H3. The molecule has 0 spiro atoms. The third-order valence-electron chi connectivity index (χ3n) is 2.14. The smallest absolute Gasteiger partial charge is 0.182 e. The van der Waals surface area contributed by atoms with Crippen LogP contribution in [0.5, 0.6) is 0 Å². The van der Waals surface area contributed by atoms with Crippen molar-refractivity contribution in [2.75, 3.05) is 5.88 Å². The Morgan fingerprint density at radius 2 is 1.86 bits per heavy atom. The van der Waals surface area contributed by atoms with E-state index in [1.807, 2.05) is 6.92 Å². The molecule has 0 N–H and O–H groups in total. The Morgan fingerprint density at radius 3 is 2.29 bits per heavy atom. The average Bonchev–Trinajstić information content (AvgIpc) is 2.20. The van der Waals surface area contributed by atoms with Gasteiger partial charge in [-0.25, -0.2) is 8.42 Å². The van der Waals surface area contributed by atoms with Gasteiger partial charge in [0.25, 0.3) is 0 Å². The van der Waals surface area contributed by atoms with Crippen LogP contribution >= 0.6 is 11.6 Å². The fourth-order valence-electron chi connectivity index (χ4n) is 1.21. The summed E-state index contributed by atoms with van der Waals surface area (Å²) < 4.78 is 23.8. The van der Waals surface area contributed by atoms with Gasteiger partial charge >= 0.3 is 0 Å². The Kier molecular flexibility index (Phi) is 3.96. The SMILES string of the molecule is CCC(CCl)S(=O)(=O)c1ccccc1. The average molecular weight is 233 g/mol. The van der Waals surface area contributed by atoms with Crippen LogP contribution < -0.4 is 0 Å². The quantitative estimate of drug-likeness (QED) is 0.748. The largest absolute Gasteiger partial charge is 0.223 e. The van der Waals surface area contributed by atoms with Crippen molar-refractivity contribution in [2.45, 2.75) is 23.5 Å². The van der Waals surface area contributed by atoms with E-state index in [4.69, 9.17) is 11.6 Å². The number of benzene rings is 1. The highest BCUT2D eigenvalue weighted by Gasteiger charge is 2.24. The van der Waals surface area contributed by atoms with Crippen molar-refractivity contribution < 1.29 is 8.42 Å². The molecule has 0 fully saturated rings. The van der Waals surface area contributed by atoms with Crippen LogP contribution in [0.1, 0.15) is 13.3 Å². The van der Waals surface area contributed by atoms with E-state index in [0.717, 1.165) is 0 Å². The van der Waals surface area contributed by atoms with Crippen molar-refractivity contribution in [1.29, 1.82) is 0 Å². The van der Waals surface area contributed by atoms with E-state index in [1.54, 1.807) is 30.3 Å². The molecule has 1 rings (SSSR count). The van der Waals surface area contributed by atoms with Gasteiger partial charge in [0.1, 0.15) is 0 Å². The van der Waals surface area contributed by atoms with Crippen LogP contribution in [-0.2, 0) is 9.84 Å². The molecule has 1 aromatic rings. The highest BCUT2D eigenvalue weighted by Crippen LogP contribution is 2.18. The molecule has 0 heterocycles. The van der Waals surface area contributed by atoms with E-state index in [0.29, 0.717) is 11.3 Å². The highest BCUT2D eigenvalue weighted by atomic mass is 35.5. The Labute approximate surface area is 89.8 Å². The third kappa shape index (κ3) is 2.28. The van der Waals surface area contributed by atoms with Crippen LogP contribution in [-0.4, -0.2) is 19.5 Å². The zero-order chi connectivity index (χ0) is 10.6. The topological polar surface area (TPSA) is 34.1 Å². The molecule has 2 nitrogen and oxygen atoms in total. The Balaban J connectivity index is 3.08. The normalized spacial score (nSPS) is 13.9. The number of hydrogen-bond donors (Lipinski definition) is 0. The highest BCUT2D eigenvalue weighted by molar-refractivity contribution is 7.92. The molecule has 1 atom stereocenters.